The number of aromatic nitrogens is 2. The van der Waals surface area contributed by atoms with Crippen LogP contribution in [-0.4, -0.2) is 39.6 Å². The largest absolute Gasteiger partial charge is 0.457 e. The highest BCUT2D eigenvalue weighted by Gasteiger charge is 2.26. The van der Waals surface area contributed by atoms with Gasteiger partial charge in [0.2, 0.25) is 5.91 Å². The molecule has 0 radical (unpaired) electrons. The molecule has 1 aliphatic heterocycles. The highest BCUT2D eigenvalue weighted by Crippen LogP contribution is 2.30. The normalized spacial score (nSPS) is 15.8. The fraction of sp³-hybridized carbons (Fsp3) is 0.208. The summed E-state index contributed by atoms with van der Waals surface area (Å²) in [5.41, 5.74) is 6.90. The molecule has 0 aliphatic carbocycles. The lowest BCUT2D eigenvalue weighted by Crippen LogP contribution is -2.40. The van der Waals surface area contributed by atoms with Crippen LogP contribution in [-0.2, 0) is 4.79 Å². The van der Waals surface area contributed by atoms with Crippen LogP contribution in [0.5, 0.6) is 11.5 Å². The van der Waals surface area contributed by atoms with Crippen LogP contribution in [0.3, 0.4) is 0 Å². The lowest BCUT2D eigenvalue weighted by Gasteiger charge is -2.32. The summed E-state index contributed by atoms with van der Waals surface area (Å²) in [4.78, 5) is 25.8. The molecule has 3 aromatic rings. The molecule has 2 aromatic carbocycles. The topological polar surface area (TPSA) is 90.5 Å². The van der Waals surface area contributed by atoms with Crippen LogP contribution in [0, 0.1) is 11.6 Å². The number of carbonyl (C=O) groups excluding carboxylic acids is 2. The maximum Gasteiger partial charge on any atom is 0.252 e. The van der Waals surface area contributed by atoms with Gasteiger partial charge in [-0.05, 0) is 55.3 Å². The van der Waals surface area contributed by atoms with E-state index in [1.807, 2.05) is 0 Å². The average Bonchev–Trinajstić information content (AvgIpc) is 3.27. The van der Waals surface area contributed by atoms with E-state index in [4.69, 9.17) is 10.5 Å². The van der Waals surface area contributed by atoms with E-state index in [9.17, 15) is 18.4 Å². The third kappa shape index (κ3) is 4.77. The summed E-state index contributed by atoms with van der Waals surface area (Å²) in [6.07, 6.45) is 4.51. The molecule has 2 amide bonds. The van der Waals surface area contributed by atoms with Crippen molar-refractivity contribution in [1.29, 1.82) is 0 Å². The van der Waals surface area contributed by atoms with Crippen LogP contribution in [0.15, 0.2) is 61.3 Å². The van der Waals surface area contributed by atoms with Crippen LogP contribution >= 0.6 is 0 Å². The first kappa shape index (κ1) is 22.2. The first-order valence-electron chi connectivity index (χ1n) is 10.4. The molecule has 4 rings (SSSR count). The van der Waals surface area contributed by atoms with Crippen molar-refractivity contribution in [2.45, 2.75) is 18.9 Å². The molecule has 0 bridgehead atoms. The first-order valence-corrected chi connectivity index (χ1v) is 10.4. The van der Waals surface area contributed by atoms with Crippen molar-refractivity contribution in [3.8, 4) is 22.8 Å². The number of carbonyl (C=O) groups is 2. The number of ether oxygens (including phenoxy) is 1. The van der Waals surface area contributed by atoms with Crippen molar-refractivity contribution in [2.75, 3.05) is 13.1 Å². The van der Waals surface area contributed by atoms with Gasteiger partial charge in [0.05, 0.1) is 11.6 Å². The quantitative estimate of drug-likeness (QED) is 0.571. The predicted molar refractivity (Wildman–Crippen MR) is 118 cm³/mol. The van der Waals surface area contributed by atoms with Gasteiger partial charge in [-0.25, -0.2) is 8.78 Å². The van der Waals surface area contributed by atoms with Gasteiger partial charge in [0, 0.05) is 30.9 Å². The zero-order valence-electron chi connectivity index (χ0n) is 17.7. The second kappa shape index (κ2) is 9.23. The second-order valence-electron chi connectivity index (χ2n) is 7.72. The summed E-state index contributed by atoms with van der Waals surface area (Å²) in [7, 11) is 0. The number of benzene rings is 2. The van der Waals surface area contributed by atoms with Crippen molar-refractivity contribution in [3.05, 3.63) is 78.5 Å². The third-order valence-electron chi connectivity index (χ3n) is 5.51. The van der Waals surface area contributed by atoms with Gasteiger partial charge in [-0.15, -0.1) is 0 Å². The highest BCUT2D eigenvalue weighted by molar-refractivity contribution is 5.98. The molecule has 33 heavy (non-hydrogen) atoms. The van der Waals surface area contributed by atoms with Crippen molar-refractivity contribution >= 4 is 11.8 Å². The minimum Gasteiger partial charge on any atom is -0.457 e. The molecule has 0 unspecified atom stereocenters. The van der Waals surface area contributed by atoms with E-state index < -0.39 is 17.5 Å². The Hall–Kier alpha value is -4.01. The van der Waals surface area contributed by atoms with Crippen LogP contribution in [0.25, 0.3) is 11.3 Å². The summed E-state index contributed by atoms with van der Waals surface area (Å²) in [6, 6.07) is 9.83. The number of nitrogens with zero attached hydrogens (tertiary/aromatic N) is 3. The molecule has 2 heterocycles. The number of primary amides is 1. The Bertz CT molecular complexity index is 1210. The predicted octanol–water partition coefficient (Wildman–Crippen LogP) is 4.07. The minimum atomic E-state index is -1.00. The number of amides is 2. The molecule has 9 heteroatoms. The molecule has 2 N–H and O–H groups in total. The number of likely N-dealkylation sites (tertiary alicyclic amines) is 1. The molecular formula is C24H22F2N4O3. The second-order valence-corrected chi connectivity index (χ2v) is 7.72. The average molecular weight is 452 g/mol. The van der Waals surface area contributed by atoms with Gasteiger partial charge in [0.15, 0.2) is 11.6 Å². The van der Waals surface area contributed by atoms with Gasteiger partial charge in [-0.3, -0.25) is 14.3 Å². The van der Waals surface area contributed by atoms with E-state index in [1.165, 1.54) is 12.1 Å². The zero-order valence-corrected chi connectivity index (χ0v) is 17.7. The number of nitrogens with two attached hydrogens (primary N) is 1. The van der Waals surface area contributed by atoms with Gasteiger partial charge in [0.1, 0.15) is 17.2 Å². The number of piperidine rings is 1. The summed E-state index contributed by atoms with van der Waals surface area (Å²) >= 11 is 0. The number of hydrogen-bond donors (Lipinski definition) is 1. The monoisotopic (exact) mass is 452 g/mol. The lowest BCUT2D eigenvalue weighted by atomic mass is 10.1. The van der Waals surface area contributed by atoms with Crippen molar-refractivity contribution in [3.63, 3.8) is 0 Å². The zero-order chi connectivity index (χ0) is 23.5. The van der Waals surface area contributed by atoms with E-state index in [1.54, 1.807) is 40.0 Å². The Morgan fingerprint density at radius 1 is 1.12 bits per heavy atom. The van der Waals surface area contributed by atoms with Crippen molar-refractivity contribution in [1.82, 2.24) is 14.7 Å². The smallest absolute Gasteiger partial charge is 0.252 e. The molecule has 1 aromatic heterocycles. The SMILES string of the molecule is C=CC(=O)N1CCC[C@@H](n2cc(C(N)=O)c(-c3ccc(Oc4ccc(F)c(F)c4)cc3)n2)C1. The minimum absolute atomic E-state index is 0.0921. The Balaban J connectivity index is 1.57. The molecule has 1 aliphatic rings. The lowest BCUT2D eigenvalue weighted by molar-refractivity contribution is -0.127. The molecule has 1 saturated heterocycles. The molecular weight excluding hydrogens is 430 g/mol. The molecule has 7 nitrogen and oxygen atoms in total. The third-order valence-corrected chi connectivity index (χ3v) is 5.51. The van der Waals surface area contributed by atoms with Gasteiger partial charge >= 0.3 is 0 Å². The molecule has 0 saturated carbocycles. The van der Waals surface area contributed by atoms with E-state index in [2.05, 4.69) is 11.7 Å². The van der Waals surface area contributed by atoms with Crippen LogP contribution in [0.1, 0.15) is 29.2 Å². The maximum absolute atomic E-state index is 13.4. The van der Waals surface area contributed by atoms with Gasteiger partial charge in [-0.2, -0.15) is 5.10 Å². The summed E-state index contributed by atoms with van der Waals surface area (Å²) in [6.45, 7) is 4.65. The van der Waals surface area contributed by atoms with Gasteiger partial charge in [0.25, 0.3) is 5.91 Å². The first-order chi connectivity index (χ1) is 15.9. The Morgan fingerprint density at radius 2 is 1.85 bits per heavy atom. The highest BCUT2D eigenvalue weighted by atomic mass is 19.2. The molecule has 170 valence electrons. The van der Waals surface area contributed by atoms with Crippen LogP contribution in [0.2, 0.25) is 0 Å². The van der Waals surface area contributed by atoms with E-state index in [0.717, 1.165) is 25.0 Å². The Morgan fingerprint density at radius 3 is 2.52 bits per heavy atom. The van der Waals surface area contributed by atoms with Gasteiger partial charge in [-0.1, -0.05) is 6.58 Å². The number of hydrogen-bond acceptors (Lipinski definition) is 4. The van der Waals surface area contributed by atoms with E-state index in [-0.39, 0.29) is 23.3 Å². The summed E-state index contributed by atoms with van der Waals surface area (Å²) in [5, 5.41) is 4.60. The Kier molecular flexibility index (Phi) is 6.21. The number of halogens is 2. The van der Waals surface area contributed by atoms with E-state index in [0.29, 0.717) is 30.1 Å². The standard InChI is InChI=1S/C24H22F2N4O3/c1-2-22(31)29-11-3-4-16(13-29)30-14-19(24(27)32)23(28-30)15-5-7-17(8-6-15)33-18-9-10-20(25)21(26)12-18/h2,5-10,12,14,16H,1,3-4,11,13H2,(H2,27,32)/t16-/m1/s1. The molecule has 1 fully saturated rings. The molecule has 1 atom stereocenters. The fourth-order valence-electron chi connectivity index (χ4n) is 3.83. The summed E-state index contributed by atoms with van der Waals surface area (Å²) < 4.78 is 33.7. The Labute approximate surface area is 189 Å². The van der Waals surface area contributed by atoms with E-state index >= 15 is 0 Å². The molecule has 0 spiro atoms. The fourth-order valence-corrected chi connectivity index (χ4v) is 3.83. The van der Waals surface area contributed by atoms with Gasteiger partial charge < -0.3 is 15.4 Å². The van der Waals surface area contributed by atoms with Crippen molar-refractivity contribution in [2.24, 2.45) is 5.73 Å². The van der Waals surface area contributed by atoms with Crippen LogP contribution < -0.4 is 10.5 Å². The summed E-state index contributed by atoms with van der Waals surface area (Å²) in [5.74, 6) is -2.17. The van der Waals surface area contributed by atoms with Crippen LogP contribution in [0.4, 0.5) is 8.78 Å². The number of rotatable bonds is 6. The van der Waals surface area contributed by atoms with Crippen molar-refractivity contribution < 1.29 is 23.1 Å². The maximum atomic E-state index is 13.4.